The summed E-state index contributed by atoms with van der Waals surface area (Å²) in [6, 6.07) is 3.31. The number of hydrogen-bond donors (Lipinski definition) is 1. The molecule has 22 heavy (non-hydrogen) atoms. The first-order valence-corrected chi connectivity index (χ1v) is 7.06. The van der Waals surface area contributed by atoms with Gasteiger partial charge in [-0.3, -0.25) is 0 Å². The Morgan fingerprint density at radius 3 is 2.50 bits per heavy atom. The molecule has 0 aliphatic carbocycles. The maximum absolute atomic E-state index is 10.3. The van der Waals surface area contributed by atoms with Gasteiger partial charge in [0.25, 0.3) is 0 Å². The first-order valence-electron chi connectivity index (χ1n) is 6.30. The number of hydrogen-bond acceptors (Lipinski definition) is 4. The molecule has 1 aromatic carbocycles. The van der Waals surface area contributed by atoms with Crippen molar-refractivity contribution in [2.45, 2.75) is 0 Å². The van der Waals surface area contributed by atoms with Crippen molar-refractivity contribution >= 4 is 35.2 Å². The molecule has 1 rings (SSSR count). The minimum absolute atomic E-state index is 0.0132. The van der Waals surface area contributed by atoms with Gasteiger partial charge in [0.2, 0.25) is 0 Å². The SMILES string of the molecule is COCCOCOc1c(Cl)cc(/C=C/C=C/C(=O)O)cc1Cl. The highest BCUT2D eigenvalue weighted by Crippen LogP contribution is 2.34. The largest absolute Gasteiger partial charge is 0.478 e. The summed E-state index contributed by atoms with van der Waals surface area (Å²) < 4.78 is 15.4. The van der Waals surface area contributed by atoms with Crippen LogP contribution < -0.4 is 4.74 Å². The van der Waals surface area contributed by atoms with Gasteiger partial charge < -0.3 is 19.3 Å². The van der Waals surface area contributed by atoms with Gasteiger partial charge in [0.05, 0.1) is 23.3 Å². The molecule has 1 aromatic rings. The Bertz CT molecular complexity index is 532. The number of methoxy groups -OCH3 is 1. The predicted molar refractivity (Wildman–Crippen MR) is 85.6 cm³/mol. The Labute approximate surface area is 138 Å². The maximum Gasteiger partial charge on any atom is 0.328 e. The third kappa shape index (κ3) is 6.95. The average Bonchev–Trinajstić information content (AvgIpc) is 2.45. The number of rotatable bonds is 9. The van der Waals surface area contributed by atoms with Crippen molar-refractivity contribution in [2.24, 2.45) is 0 Å². The second-order valence-corrected chi connectivity index (χ2v) is 4.85. The zero-order valence-corrected chi connectivity index (χ0v) is 13.4. The lowest BCUT2D eigenvalue weighted by Gasteiger charge is -2.11. The molecule has 0 bridgehead atoms. The van der Waals surface area contributed by atoms with Gasteiger partial charge in [-0.15, -0.1) is 0 Å². The lowest BCUT2D eigenvalue weighted by atomic mass is 10.2. The molecule has 0 heterocycles. The topological polar surface area (TPSA) is 65.0 Å². The van der Waals surface area contributed by atoms with Crippen LogP contribution >= 0.6 is 23.2 Å². The molecule has 0 aromatic heterocycles. The van der Waals surface area contributed by atoms with Gasteiger partial charge in [0.1, 0.15) is 0 Å². The van der Waals surface area contributed by atoms with Gasteiger partial charge in [-0.1, -0.05) is 41.4 Å². The Balaban J connectivity index is 2.65. The van der Waals surface area contributed by atoms with Crippen molar-refractivity contribution in [1.82, 2.24) is 0 Å². The Morgan fingerprint density at radius 1 is 1.23 bits per heavy atom. The summed E-state index contributed by atoms with van der Waals surface area (Å²) in [5.74, 6) is -0.683. The second kappa shape index (κ2) is 10.2. The molecule has 0 aliphatic rings. The van der Waals surface area contributed by atoms with E-state index in [2.05, 4.69) is 0 Å². The summed E-state index contributed by atoms with van der Waals surface area (Å²) in [5, 5.41) is 9.15. The van der Waals surface area contributed by atoms with E-state index in [4.69, 9.17) is 42.5 Å². The maximum atomic E-state index is 10.3. The van der Waals surface area contributed by atoms with E-state index in [9.17, 15) is 4.79 Å². The fourth-order valence-electron chi connectivity index (χ4n) is 1.42. The highest BCUT2D eigenvalue weighted by molar-refractivity contribution is 6.37. The Kier molecular flexibility index (Phi) is 8.62. The van der Waals surface area contributed by atoms with Gasteiger partial charge in [0.15, 0.2) is 12.5 Å². The van der Waals surface area contributed by atoms with Crippen LogP contribution in [0.1, 0.15) is 5.56 Å². The molecular formula is C15H16Cl2O5. The highest BCUT2D eigenvalue weighted by atomic mass is 35.5. The van der Waals surface area contributed by atoms with Crippen molar-refractivity contribution in [3.05, 3.63) is 46.0 Å². The lowest BCUT2D eigenvalue weighted by Crippen LogP contribution is -2.08. The van der Waals surface area contributed by atoms with Crippen LogP contribution in [0.15, 0.2) is 30.4 Å². The van der Waals surface area contributed by atoms with Crippen molar-refractivity contribution in [1.29, 1.82) is 0 Å². The summed E-state index contributed by atoms with van der Waals surface area (Å²) in [4.78, 5) is 10.3. The van der Waals surface area contributed by atoms with Crippen LogP contribution in [-0.4, -0.2) is 38.2 Å². The van der Waals surface area contributed by atoms with Gasteiger partial charge in [-0.2, -0.15) is 0 Å². The van der Waals surface area contributed by atoms with E-state index in [1.165, 1.54) is 6.08 Å². The van der Waals surface area contributed by atoms with E-state index in [1.54, 1.807) is 31.4 Å². The van der Waals surface area contributed by atoms with Gasteiger partial charge >= 0.3 is 5.97 Å². The van der Waals surface area contributed by atoms with Crippen molar-refractivity contribution in [2.75, 3.05) is 27.1 Å². The molecule has 5 nitrogen and oxygen atoms in total. The van der Waals surface area contributed by atoms with E-state index in [0.29, 0.717) is 29.0 Å². The standard InChI is InChI=1S/C15H16Cl2O5/c1-20-6-7-21-10-22-15-12(16)8-11(9-13(15)17)4-2-3-5-14(18)19/h2-5,8-9H,6-7,10H2,1H3,(H,18,19)/b4-2+,5-3+. The van der Waals surface area contributed by atoms with E-state index < -0.39 is 5.97 Å². The number of aliphatic carboxylic acids is 1. The monoisotopic (exact) mass is 346 g/mol. The third-order valence-corrected chi connectivity index (χ3v) is 2.94. The minimum atomic E-state index is -1.02. The molecule has 0 amide bonds. The highest BCUT2D eigenvalue weighted by Gasteiger charge is 2.08. The number of benzene rings is 1. The second-order valence-electron chi connectivity index (χ2n) is 4.03. The van der Waals surface area contributed by atoms with Crippen LogP contribution in [0.25, 0.3) is 6.08 Å². The molecule has 0 saturated heterocycles. The van der Waals surface area contributed by atoms with Gasteiger partial charge in [-0.05, 0) is 17.7 Å². The van der Waals surface area contributed by atoms with Crippen molar-refractivity contribution < 1.29 is 24.1 Å². The Hall–Kier alpha value is -1.53. The summed E-state index contributed by atoms with van der Waals surface area (Å²) in [6.07, 6.45) is 5.67. The molecule has 0 atom stereocenters. The number of allylic oxidation sites excluding steroid dienone is 2. The average molecular weight is 347 g/mol. The molecule has 0 aliphatic heterocycles. The fraction of sp³-hybridized carbons (Fsp3) is 0.267. The van der Waals surface area contributed by atoms with Crippen molar-refractivity contribution in [3.63, 3.8) is 0 Å². The summed E-state index contributed by atoms with van der Waals surface area (Å²) >= 11 is 12.2. The molecule has 120 valence electrons. The number of ether oxygens (including phenoxy) is 3. The molecule has 0 fully saturated rings. The molecular weight excluding hydrogens is 331 g/mol. The molecule has 1 N–H and O–H groups in total. The first kappa shape index (κ1) is 18.5. The van der Waals surface area contributed by atoms with Crippen LogP contribution in [0.5, 0.6) is 5.75 Å². The number of carboxylic acid groups (broad SMARTS) is 1. The summed E-state index contributed by atoms with van der Waals surface area (Å²) in [7, 11) is 1.58. The van der Waals surface area contributed by atoms with E-state index in [0.717, 1.165) is 11.6 Å². The zero-order valence-electron chi connectivity index (χ0n) is 11.9. The lowest BCUT2D eigenvalue weighted by molar-refractivity contribution is -0.131. The van der Waals surface area contributed by atoms with Crippen LogP contribution in [0.2, 0.25) is 10.0 Å². The molecule has 0 spiro atoms. The fourth-order valence-corrected chi connectivity index (χ4v) is 2.03. The first-order chi connectivity index (χ1) is 10.5. The third-order valence-electron chi connectivity index (χ3n) is 2.38. The van der Waals surface area contributed by atoms with Crippen LogP contribution in [-0.2, 0) is 14.3 Å². The molecule has 0 saturated carbocycles. The minimum Gasteiger partial charge on any atom is -0.478 e. The van der Waals surface area contributed by atoms with E-state index >= 15 is 0 Å². The van der Waals surface area contributed by atoms with Crippen LogP contribution in [0.3, 0.4) is 0 Å². The molecule has 0 radical (unpaired) electrons. The van der Waals surface area contributed by atoms with E-state index in [-0.39, 0.29) is 6.79 Å². The summed E-state index contributed by atoms with van der Waals surface area (Å²) in [5.41, 5.74) is 0.720. The van der Waals surface area contributed by atoms with Gasteiger partial charge in [0, 0.05) is 13.2 Å². The van der Waals surface area contributed by atoms with Crippen LogP contribution in [0, 0.1) is 0 Å². The van der Waals surface area contributed by atoms with Crippen LogP contribution in [0.4, 0.5) is 0 Å². The normalized spacial score (nSPS) is 11.4. The van der Waals surface area contributed by atoms with Crippen molar-refractivity contribution in [3.8, 4) is 5.75 Å². The molecule has 7 heteroatoms. The number of carbonyl (C=O) groups is 1. The molecule has 0 unspecified atom stereocenters. The van der Waals surface area contributed by atoms with Gasteiger partial charge in [-0.25, -0.2) is 4.79 Å². The Morgan fingerprint density at radius 2 is 1.91 bits per heavy atom. The predicted octanol–water partition coefficient (Wildman–Crippen LogP) is 3.65. The zero-order chi connectivity index (χ0) is 16.4. The van der Waals surface area contributed by atoms with E-state index in [1.807, 2.05) is 0 Å². The smallest absolute Gasteiger partial charge is 0.328 e. The quantitative estimate of drug-likeness (QED) is 0.320. The summed E-state index contributed by atoms with van der Waals surface area (Å²) in [6.45, 7) is 0.889. The number of halogens is 2. The number of carboxylic acids is 1.